The van der Waals surface area contributed by atoms with Gasteiger partial charge in [-0.05, 0) is 63.4 Å². The molecule has 0 unspecified atom stereocenters. The van der Waals surface area contributed by atoms with Crippen LogP contribution in [0.2, 0.25) is 0 Å². The second-order valence-electron chi connectivity index (χ2n) is 9.91. The van der Waals surface area contributed by atoms with Gasteiger partial charge in [0.2, 0.25) is 0 Å². The first kappa shape index (κ1) is 29.4. The molecule has 0 amide bonds. The molecule has 2 nitrogen and oxygen atoms in total. The number of rotatable bonds is 4. The van der Waals surface area contributed by atoms with Crippen molar-refractivity contribution in [1.82, 2.24) is 0 Å². The number of hydrogen-bond acceptors (Lipinski definition) is 2. The Morgan fingerprint density at radius 3 is 1.53 bits per heavy atom. The summed E-state index contributed by atoms with van der Waals surface area (Å²) in [6.45, 7) is 8.00. The van der Waals surface area contributed by atoms with Crippen LogP contribution in [0.15, 0.2) is 146 Å². The van der Waals surface area contributed by atoms with Crippen molar-refractivity contribution in [2.24, 2.45) is 0 Å². The van der Waals surface area contributed by atoms with Crippen LogP contribution in [0.1, 0.15) is 44.4 Å². The van der Waals surface area contributed by atoms with E-state index in [1.807, 2.05) is 52.0 Å². The predicted octanol–water partition coefficient (Wildman–Crippen LogP) is 11.3. The van der Waals surface area contributed by atoms with Crippen molar-refractivity contribution in [3.63, 3.8) is 0 Å². The minimum Gasteiger partial charge on any atom is -0.508 e. The van der Waals surface area contributed by atoms with E-state index < -0.39 is 5.60 Å². The summed E-state index contributed by atoms with van der Waals surface area (Å²) < 4.78 is 7.06. The predicted molar refractivity (Wildman–Crippen MR) is 183 cm³/mol. The van der Waals surface area contributed by atoms with Crippen LogP contribution in [-0.2, 0) is 5.60 Å². The minimum atomic E-state index is -0.724. The number of ether oxygens (including phenoxy) is 1. The third-order valence-corrected chi connectivity index (χ3v) is 7.61. The van der Waals surface area contributed by atoms with E-state index >= 15 is 0 Å². The lowest BCUT2D eigenvalue weighted by atomic mass is 9.82. The molecule has 0 aliphatic carbocycles. The third-order valence-electron chi connectivity index (χ3n) is 7.61. The molecule has 1 aliphatic rings. The van der Waals surface area contributed by atoms with E-state index in [9.17, 15) is 5.11 Å². The van der Waals surface area contributed by atoms with Gasteiger partial charge in [0, 0.05) is 16.7 Å². The summed E-state index contributed by atoms with van der Waals surface area (Å²) >= 11 is 0. The van der Waals surface area contributed by atoms with Crippen LogP contribution in [0.25, 0.3) is 39.1 Å². The van der Waals surface area contributed by atoms with E-state index in [1.165, 1.54) is 10.8 Å². The molecule has 6 aromatic rings. The van der Waals surface area contributed by atoms with Gasteiger partial charge in [0.15, 0.2) is 5.60 Å². The summed E-state index contributed by atoms with van der Waals surface area (Å²) in [5, 5.41) is 12.0. The van der Waals surface area contributed by atoms with Crippen LogP contribution in [0.3, 0.4) is 0 Å². The maximum absolute atomic E-state index is 9.66. The Balaban J connectivity index is 0.000000885. The summed E-state index contributed by atoms with van der Waals surface area (Å²) in [6, 6.07) is 47.5. The highest BCUT2D eigenvalue weighted by atomic mass is 16.5. The van der Waals surface area contributed by atoms with Gasteiger partial charge in [0.05, 0.1) is 0 Å². The van der Waals surface area contributed by atoms with E-state index in [2.05, 4.69) is 115 Å². The molecular weight excluding hydrogens is 524 g/mol. The zero-order valence-corrected chi connectivity index (χ0v) is 25.3. The number of fused-ring (bicyclic) bond motifs is 3. The smallest absolute Gasteiger partial charge is 0.178 e. The summed E-state index contributed by atoms with van der Waals surface area (Å²) in [6.07, 6.45) is 4.41. The summed E-state index contributed by atoms with van der Waals surface area (Å²) in [5.41, 5.74) is 6.98. The Hall–Kier alpha value is -5.08. The van der Waals surface area contributed by atoms with E-state index in [1.54, 1.807) is 12.1 Å². The fourth-order valence-corrected chi connectivity index (χ4v) is 5.62. The molecule has 0 bridgehead atoms. The first-order valence-corrected chi connectivity index (χ1v) is 15.2. The third kappa shape index (κ3) is 5.69. The molecule has 0 atom stereocenters. The molecule has 1 aliphatic heterocycles. The maximum Gasteiger partial charge on any atom is 0.178 e. The highest BCUT2D eigenvalue weighted by molar-refractivity contribution is 6.03. The Morgan fingerprint density at radius 1 is 0.512 bits per heavy atom. The molecule has 6 aromatic carbocycles. The average molecular weight is 563 g/mol. The minimum absolute atomic E-state index is 0.270. The number of aromatic hydroxyl groups is 1. The standard InChI is InChI=1S/C37H26O2.2C2H6/c38-31-21-19-27(20-22-31)26-15-17-28(18-16-26)35-25-36-34(32-13-7-8-14-33(32)35)23-24-37(39-36,29-9-3-1-4-10-29)30-11-5-2-6-12-30;2*1-2/h1-25,38H;2*1-2H3. The van der Waals surface area contributed by atoms with Crippen LogP contribution in [0.4, 0.5) is 0 Å². The zero-order valence-electron chi connectivity index (χ0n) is 25.3. The molecule has 0 spiro atoms. The van der Waals surface area contributed by atoms with Gasteiger partial charge in [-0.1, -0.05) is 149 Å². The summed E-state index contributed by atoms with van der Waals surface area (Å²) in [5.74, 6) is 1.13. The first-order chi connectivity index (χ1) is 21.2. The van der Waals surface area contributed by atoms with Gasteiger partial charge in [-0.3, -0.25) is 0 Å². The summed E-state index contributed by atoms with van der Waals surface area (Å²) in [4.78, 5) is 0. The topological polar surface area (TPSA) is 29.5 Å². The van der Waals surface area contributed by atoms with Gasteiger partial charge in [-0.2, -0.15) is 0 Å². The van der Waals surface area contributed by atoms with E-state index in [4.69, 9.17) is 4.74 Å². The van der Waals surface area contributed by atoms with Crippen LogP contribution in [-0.4, -0.2) is 5.11 Å². The Kier molecular flexibility index (Phi) is 9.08. The van der Waals surface area contributed by atoms with Crippen molar-refractivity contribution in [3.05, 3.63) is 162 Å². The molecule has 214 valence electrons. The van der Waals surface area contributed by atoms with Crippen molar-refractivity contribution in [3.8, 4) is 33.8 Å². The fourth-order valence-electron chi connectivity index (χ4n) is 5.62. The van der Waals surface area contributed by atoms with Gasteiger partial charge in [-0.25, -0.2) is 0 Å². The monoisotopic (exact) mass is 562 g/mol. The molecule has 2 heteroatoms. The second kappa shape index (κ2) is 13.3. The number of benzene rings is 6. The molecule has 43 heavy (non-hydrogen) atoms. The number of hydrogen-bond donors (Lipinski definition) is 1. The summed E-state index contributed by atoms with van der Waals surface area (Å²) in [7, 11) is 0. The van der Waals surface area contributed by atoms with Gasteiger partial charge < -0.3 is 9.84 Å². The van der Waals surface area contributed by atoms with Gasteiger partial charge in [-0.15, -0.1) is 0 Å². The highest BCUT2D eigenvalue weighted by Crippen LogP contribution is 2.46. The van der Waals surface area contributed by atoms with Crippen LogP contribution >= 0.6 is 0 Å². The van der Waals surface area contributed by atoms with Crippen molar-refractivity contribution in [2.45, 2.75) is 33.3 Å². The molecule has 0 fully saturated rings. The lowest BCUT2D eigenvalue weighted by molar-refractivity contribution is 0.161. The number of phenolic OH excluding ortho intramolecular Hbond substituents is 1. The quantitative estimate of drug-likeness (QED) is 0.232. The molecule has 0 aromatic heterocycles. The molecule has 1 heterocycles. The second-order valence-corrected chi connectivity index (χ2v) is 9.91. The first-order valence-electron chi connectivity index (χ1n) is 15.2. The number of phenols is 1. The highest BCUT2D eigenvalue weighted by Gasteiger charge is 2.37. The van der Waals surface area contributed by atoms with E-state index in [0.717, 1.165) is 44.7 Å². The maximum atomic E-state index is 9.66. The molecule has 1 N–H and O–H groups in total. The SMILES string of the molecule is CC.CC.Oc1ccc(-c2ccc(-c3cc4c(c5ccccc35)C=CC(c3ccccc3)(c3ccccc3)O4)cc2)cc1. The van der Waals surface area contributed by atoms with Crippen molar-refractivity contribution in [2.75, 3.05) is 0 Å². The lowest BCUT2D eigenvalue weighted by Gasteiger charge is -2.36. The van der Waals surface area contributed by atoms with Gasteiger partial charge in [0.1, 0.15) is 11.5 Å². The van der Waals surface area contributed by atoms with Gasteiger partial charge in [0.25, 0.3) is 0 Å². The van der Waals surface area contributed by atoms with E-state index in [-0.39, 0.29) is 5.75 Å². The lowest BCUT2D eigenvalue weighted by Crippen LogP contribution is -2.34. The van der Waals surface area contributed by atoms with Crippen LogP contribution in [0.5, 0.6) is 11.5 Å². The van der Waals surface area contributed by atoms with Crippen LogP contribution in [0, 0.1) is 0 Å². The molecule has 7 rings (SSSR count). The molecule has 0 radical (unpaired) electrons. The van der Waals surface area contributed by atoms with E-state index in [0.29, 0.717) is 0 Å². The van der Waals surface area contributed by atoms with Gasteiger partial charge >= 0.3 is 0 Å². The van der Waals surface area contributed by atoms with Crippen molar-refractivity contribution < 1.29 is 9.84 Å². The molecular formula is C41H38O2. The van der Waals surface area contributed by atoms with Crippen LogP contribution < -0.4 is 4.74 Å². The molecule has 0 saturated heterocycles. The van der Waals surface area contributed by atoms with Crippen molar-refractivity contribution >= 4 is 16.8 Å². The Morgan fingerprint density at radius 2 is 0.977 bits per heavy atom. The van der Waals surface area contributed by atoms with Crippen molar-refractivity contribution in [1.29, 1.82) is 0 Å². The largest absolute Gasteiger partial charge is 0.508 e. The Labute approximate surface area is 255 Å². The Bertz CT molecular complexity index is 1760. The zero-order chi connectivity index (χ0) is 30.2. The fraction of sp³-hybridized carbons (Fsp3) is 0.122. The normalized spacial score (nSPS) is 12.6. The molecule has 0 saturated carbocycles. The average Bonchev–Trinajstić information content (AvgIpc) is 3.10.